The molecule has 4 rings (SSSR count). The third kappa shape index (κ3) is 3.44. The summed E-state index contributed by atoms with van der Waals surface area (Å²) in [5.41, 5.74) is 2.87. The van der Waals surface area contributed by atoms with Crippen molar-refractivity contribution in [3.05, 3.63) is 84.9 Å². The summed E-state index contributed by atoms with van der Waals surface area (Å²) in [5, 5.41) is 0. The second kappa shape index (κ2) is 6.87. The molecule has 0 saturated heterocycles. The van der Waals surface area contributed by atoms with Gasteiger partial charge < -0.3 is 0 Å². The molecule has 0 aliphatic carbocycles. The standard InChI is InChI=1S/C21H15N3S/c25-18-13-11-17(12-14-18)21-23-19(15-7-3-1-4-8-15)22-20(24-21)16-9-5-2-6-10-16/h1-14,25H. The van der Waals surface area contributed by atoms with Gasteiger partial charge >= 0.3 is 0 Å². The van der Waals surface area contributed by atoms with Crippen molar-refractivity contribution in [2.45, 2.75) is 4.90 Å². The lowest BCUT2D eigenvalue weighted by Gasteiger charge is -2.08. The van der Waals surface area contributed by atoms with Crippen LogP contribution in [0, 0.1) is 0 Å². The fourth-order valence-corrected chi connectivity index (χ4v) is 2.70. The average Bonchev–Trinajstić information content (AvgIpc) is 2.69. The Morgan fingerprint density at radius 1 is 0.440 bits per heavy atom. The Bertz CT molecular complexity index is 927. The molecule has 120 valence electrons. The summed E-state index contributed by atoms with van der Waals surface area (Å²) < 4.78 is 0. The Morgan fingerprint density at radius 3 is 1.20 bits per heavy atom. The van der Waals surface area contributed by atoms with E-state index in [4.69, 9.17) is 0 Å². The Hall–Kier alpha value is -2.98. The Kier molecular flexibility index (Phi) is 4.27. The molecular formula is C21H15N3S. The van der Waals surface area contributed by atoms with Crippen LogP contribution in [0.1, 0.15) is 0 Å². The zero-order valence-electron chi connectivity index (χ0n) is 13.4. The number of nitrogens with zero attached hydrogens (tertiary/aromatic N) is 3. The quantitative estimate of drug-likeness (QED) is 0.523. The van der Waals surface area contributed by atoms with Crippen molar-refractivity contribution in [2.75, 3.05) is 0 Å². The van der Waals surface area contributed by atoms with Crippen molar-refractivity contribution in [1.82, 2.24) is 15.0 Å². The number of benzene rings is 3. The summed E-state index contributed by atoms with van der Waals surface area (Å²) in [6, 6.07) is 27.7. The molecule has 3 aromatic carbocycles. The molecule has 0 fully saturated rings. The van der Waals surface area contributed by atoms with Gasteiger partial charge in [0.2, 0.25) is 0 Å². The lowest BCUT2D eigenvalue weighted by molar-refractivity contribution is 1.07. The van der Waals surface area contributed by atoms with Crippen LogP contribution in [0.4, 0.5) is 0 Å². The Labute approximate surface area is 151 Å². The Morgan fingerprint density at radius 2 is 0.800 bits per heavy atom. The summed E-state index contributed by atoms with van der Waals surface area (Å²) in [7, 11) is 0. The SMILES string of the molecule is Sc1ccc(-c2nc(-c3ccccc3)nc(-c3ccccc3)n2)cc1. The van der Waals surface area contributed by atoms with Gasteiger partial charge in [-0.1, -0.05) is 72.8 Å². The maximum absolute atomic E-state index is 4.68. The van der Waals surface area contributed by atoms with E-state index in [1.807, 2.05) is 84.9 Å². The second-order valence-electron chi connectivity index (χ2n) is 5.59. The number of hydrogen-bond acceptors (Lipinski definition) is 4. The van der Waals surface area contributed by atoms with Gasteiger partial charge in [-0.05, 0) is 12.1 Å². The molecule has 0 saturated carbocycles. The summed E-state index contributed by atoms with van der Waals surface area (Å²) >= 11 is 4.35. The summed E-state index contributed by atoms with van der Waals surface area (Å²) in [6.07, 6.45) is 0. The van der Waals surface area contributed by atoms with E-state index in [1.54, 1.807) is 0 Å². The van der Waals surface area contributed by atoms with Crippen molar-refractivity contribution in [1.29, 1.82) is 0 Å². The van der Waals surface area contributed by atoms with E-state index in [0.29, 0.717) is 17.5 Å². The predicted octanol–water partition coefficient (Wildman–Crippen LogP) is 5.16. The van der Waals surface area contributed by atoms with E-state index in [1.165, 1.54) is 0 Å². The molecule has 0 spiro atoms. The monoisotopic (exact) mass is 341 g/mol. The third-order valence-electron chi connectivity index (χ3n) is 3.82. The molecule has 3 nitrogen and oxygen atoms in total. The van der Waals surface area contributed by atoms with Crippen LogP contribution in [0.5, 0.6) is 0 Å². The van der Waals surface area contributed by atoms with Gasteiger partial charge in [0.1, 0.15) is 0 Å². The van der Waals surface area contributed by atoms with E-state index in [2.05, 4.69) is 27.6 Å². The molecule has 0 aliphatic heterocycles. The van der Waals surface area contributed by atoms with Gasteiger partial charge in [-0.15, -0.1) is 12.6 Å². The van der Waals surface area contributed by atoms with E-state index in [0.717, 1.165) is 21.6 Å². The molecule has 1 aromatic heterocycles. The van der Waals surface area contributed by atoms with Gasteiger partial charge in [0.15, 0.2) is 17.5 Å². The summed E-state index contributed by atoms with van der Waals surface area (Å²) in [5.74, 6) is 1.99. The van der Waals surface area contributed by atoms with Crippen LogP contribution in [-0.4, -0.2) is 15.0 Å². The predicted molar refractivity (Wildman–Crippen MR) is 103 cm³/mol. The molecule has 25 heavy (non-hydrogen) atoms. The highest BCUT2D eigenvalue weighted by molar-refractivity contribution is 7.80. The third-order valence-corrected chi connectivity index (χ3v) is 4.12. The molecule has 4 aromatic rings. The van der Waals surface area contributed by atoms with Crippen LogP contribution >= 0.6 is 12.6 Å². The largest absolute Gasteiger partial charge is 0.208 e. The van der Waals surface area contributed by atoms with Gasteiger partial charge in [0.05, 0.1) is 0 Å². The number of rotatable bonds is 3. The van der Waals surface area contributed by atoms with Gasteiger partial charge in [-0.3, -0.25) is 0 Å². The zero-order chi connectivity index (χ0) is 17.1. The van der Waals surface area contributed by atoms with Gasteiger partial charge in [-0.2, -0.15) is 0 Å². The first-order valence-electron chi connectivity index (χ1n) is 7.96. The normalized spacial score (nSPS) is 10.6. The molecule has 4 heteroatoms. The molecule has 1 heterocycles. The van der Waals surface area contributed by atoms with E-state index >= 15 is 0 Å². The zero-order valence-corrected chi connectivity index (χ0v) is 14.3. The van der Waals surface area contributed by atoms with Crippen LogP contribution in [-0.2, 0) is 0 Å². The van der Waals surface area contributed by atoms with Crippen molar-refractivity contribution in [3.8, 4) is 34.2 Å². The van der Waals surface area contributed by atoms with Crippen LogP contribution < -0.4 is 0 Å². The van der Waals surface area contributed by atoms with Crippen molar-refractivity contribution in [3.63, 3.8) is 0 Å². The fraction of sp³-hybridized carbons (Fsp3) is 0. The molecule has 0 bridgehead atoms. The van der Waals surface area contributed by atoms with Crippen LogP contribution in [0.3, 0.4) is 0 Å². The van der Waals surface area contributed by atoms with Crippen LogP contribution in [0.25, 0.3) is 34.2 Å². The Balaban J connectivity index is 1.90. The highest BCUT2D eigenvalue weighted by Crippen LogP contribution is 2.24. The maximum Gasteiger partial charge on any atom is 0.164 e. The smallest absolute Gasteiger partial charge is 0.164 e. The van der Waals surface area contributed by atoms with Crippen molar-refractivity contribution in [2.24, 2.45) is 0 Å². The second-order valence-corrected chi connectivity index (χ2v) is 6.10. The lowest BCUT2D eigenvalue weighted by Crippen LogP contribution is -1.99. The van der Waals surface area contributed by atoms with Crippen LogP contribution in [0.2, 0.25) is 0 Å². The van der Waals surface area contributed by atoms with E-state index in [9.17, 15) is 0 Å². The number of thiol groups is 1. The molecule has 0 atom stereocenters. The van der Waals surface area contributed by atoms with E-state index < -0.39 is 0 Å². The van der Waals surface area contributed by atoms with Crippen molar-refractivity contribution < 1.29 is 0 Å². The van der Waals surface area contributed by atoms with Gasteiger partial charge in [0.25, 0.3) is 0 Å². The molecule has 0 radical (unpaired) electrons. The molecule has 0 N–H and O–H groups in total. The number of aromatic nitrogens is 3. The molecule has 0 unspecified atom stereocenters. The first-order chi connectivity index (χ1) is 12.3. The highest BCUT2D eigenvalue weighted by atomic mass is 32.1. The highest BCUT2D eigenvalue weighted by Gasteiger charge is 2.11. The van der Waals surface area contributed by atoms with Crippen LogP contribution in [0.15, 0.2) is 89.8 Å². The topological polar surface area (TPSA) is 38.7 Å². The van der Waals surface area contributed by atoms with Gasteiger partial charge in [-0.25, -0.2) is 15.0 Å². The minimum absolute atomic E-state index is 0.654. The summed E-state index contributed by atoms with van der Waals surface area (Å²) in [4.78, 5) is 15.0. The maximum atomic E-state index is 4.68. The lowest BCUT2D eigenvalue weighted by atomic mass is 10.1. The van der Waals surface area contributed by atoms with E-state index in [-0.39, 0.29) is 0 Å². The first-order valence-corrected chi connectivity index (χ1v) is 8.41. The molecule has 0 amide bonds. The minimum Gasteiger partial charge on any atom is -0.208 e. The first kappa shape index (κ1) is 15.5. The molecular weight excluding hydrogens is 326 g/mol. The summed E-state index contributed by atoms with van der Waals surface area (Å²) in [6.45, 7) is 0. The minimum atomic E-state index is 0.654. The number of hydrogen-bond donors (Lipinski definition) is 1. The van der Waals surface area contributed by atoms with Gasteiger partial charge in [0, 0.05) is 21.6 Å². The van der Waals surface area contributed by atoms with Crippen molar-refractivity contribution >= 4 is 12.6 Å². The fourth-order valence-electron chi connectivity index (χ4n) is 2.55. The average molecular weight is 341 g/mol. The molecule has 0 aliphatic rings.